The number of halogens is 2. The number of sulfonamides is 1. The molecule has 0 atom stereocenters. The van der Waals surface area contributed by atoms with Crippen LogP contribution in [0, 0.1) is 5.82 Å². The topological polar surface area (TPSA) is 66.5 Å². The maximum absolute atomic E-state index is 13.5. The summed E-state index contributed by atoms with van der Waals surface area (Å²) in [5.41, 5.74) is 1.04. The molecule has 0 bridgehead atoms. The molecule has 0 spiro atoms. The van der Waals surface area contributed by atoms with E-state index in [1.165, 1.54) is 6.07 Å². The molecular formula is C17H18ClFN2O3S. The van der Waals surface area contributed by atoms with E-state index in [-0.39, 0.29) is 19.6 Å². The molecule has 5 nitrogen and oxygen atoms in total. The third-order valence-electron chi connectivity index (χ3n) is 3.50. The van der Waals surface area contributed by atoms with Crippen molar-refractivity contribution in [3.8, 4) is 0 Å². The van der Waals surface area contributed by atoms with Gasteiger partial charge in [0.05, 0.1) is 12.8 Å². The van der Waals surface area contributed by atoms with E-state index in [2.05, 4.69) is 5.32 Å². The van der Waals surface area contributed by atoms with Gasteiger partial charge in [0.25, 0.3) is 0 Å². The van der Waals surface area contributed by atoms with Crippen molar-refractivity contribution in [3.63, 3.8) is 0 Å². The zero-order chi connectivity index (χ0) is 18.4. The summed E-state index contributed by atoms with van der Waals surface area (Å²) in [5.74, 6) is -0.938. The summed E-state index contributed by atoms with van der Waals surface area (Å²) in [4.78, 5) is 12.1. The molecule has 0 aliphatic heterocycles. The number of nitrogens with zero attached hydrogens (tertiary/aromatic N) is 1. The average Bonchev–Trinajstić information content (AvgIpc) is 2.54. The standard InChI is InChI=1S/C17H18ClFN2O3S/c1-25(23,24)21(11-13-6-8-15(18)9-7-13)12-17(22)20-10-14-4-2-3-5-16(14)19/h2-9H,10-12H2,1H3,(H,20,22). The van der Waals surface area contributed by atoms with E-state index in [0.29, 0.717) is 16.1 Å². The van der Waals surface area contributed by atoms with Crippen molar-refractivity contribution in [2.24, 2.45) is 0 Å². The number of benzene rings is 2. The van der Waals surface area contributed by atoms with E-state index >= 15 is 0 Å². The first kappa shape index (κ1) is 19.4. The molecule has 0 fully saturated rings. The van der Waals surface area contributed by atoms with Crippen molar-refractivity contribution < 1.29 is 17.6 Å². The predicted octanol–water partition coefficient (Wildman–Crippen LogP) is 2.56. The SMILES string of the molecule is CS(=O)(=O)N(CC(=O)NCc1ccccc1F)Cc1ccc(Cl)cc1. The highest BCUT2D eigenvalue weighted by Crippen LogP contribution is 2.13. The Morgan fingerprint density at radius 3 is 2.40 bits per heavy atom. The molecular weight excluding hydrogens is 367 g/mol. The van der Waals surface area contributed by atoms with Crippen LogP contribution in [0.15, 0.2) is 48.5 Å². The van der Waals surface area contributed by atoms with Crippen LogP contribution in [0.2, 0.25) is 5.02 Å². The fraction of sp³-hybridized carbons (Fsp3) is 0.235. The minimum absolute atomic E-state index is 0.00987. The molecule has 0 saturated carbocycles. The van der Waals surface area contributed by atoms with Crippen LogP contribution in [0.3, 0.4) is 0 Å². The highest BCUT2D eigenvalue weighted by molar-refractivity contribution is 7.88. The molecule has 25 heavy (non-hydrogen) atoms. The zero-order valence-corrected chi connectivity index (χ0v) is 15.1. The fourth-order valence-electron chi connectivity index (χ4n) is 2.14. The van der Waals surface area contributed by atoms with Crippen molar-refractivity contribution in [2.45, 2.75) is 13.1 Å². The lowest BCUT2D eigenvalue weighted by Crippen LogP contribution is -2.39. The van der Waals surface area contributed by atoms with Gasteiger partial charge in [0.15, 0.2) is 0 Å². The minimum atomic E-state index is -3.59. The van der Waals surface area contributed by atoms with Gasteiger partial charge in [0.1, 0.15) is 5.82 Å². The third kappa shape index (κ3) is 6.12. The Hall–Kier alpha value is -1.96. The molecule has 0 aliphatic carbocycles. The van der Waals surface area contributed by atoms with Gasteiger partial charge in [-0.25, -0.2) is 12.8 Å². The first-order chi connectivity index (χ1) is 11.8. The van der Waals surface area contributed by atoms with Gasteiger partial charge in [0.2, 0.25) is 15.9 Å². The molecule has 134 valence electrons. The summed E-state index contributed by atoms with van der Waals surface area (Å²) in [6, 6.07) is 12.7. The summed E-state index contributed by atoms with van der Waals surface area (Å²) in [5, 5.41) is 3.07. The van der Waals surface area contributed by atoms with Gasteiger partial charge >= 0.3 is 0 Å². The normalized spacial score (nSPS) is 11.5. The lowest BCUT2D eigenvalue weighted by molar-refractivity contribution is -0.121. The van der Waals surface area contributed by atoms with Crippen molar-refractivity contribution in [3.05, 3.63) is 70.5 Å². The number of carbonyl (C=O) groups excluding carboxylic acids is 1. The molecule has 0 aliphatic rings. The summed E-state index contributed by atoms with van der Waals surface area (Å²) in [7, 11) is -3.59. The van der Waals surface area contributed by atoms with Gasteiger partial charge in [-0.3, -0.25) is 4.79 Å². The molecule has 8 heteroatoms. The van der Waals surface area contributed by atoms with Gasteiger partial charge in [-0.1, -0.05) is 41.9 Å². The molecule has 2 aromatic rings. The molecule has 0 saturated heterocycles. The van der Waals surface area contributed by atoms with Crippen LogP contribution < -0.4 is 5.32 Å². The van der Waals surface area contributed by atoms with Crippen molar-refractivity contribution in [1.29, 1.82) is 0 Å². The molecule has 0 heterocycles. The Morgan fingerprint density at radius 1 is 1.16 bits per heavy atom. The van der Waals surface area contributed by atoms with Crippen LogP contribution in [0.25, 0.3) is 0 Å². The molecule has 1 amide bonds. The van der Waals surface area contributed by atoms with Crippen LogP contribution in [0.4, 0.5) is 4.39 Å². The first-order valence-corrected chi connectivity index (χ1v) is 9.68. The van der Waals surface area contributed by atoms with Gasteiger partial charge in [0, 0.05) is 23.7 Å². The van der Waals surface area contributed by atoms with Gasteiger partial charge < -0.3 is 5.32 Å². The average molecular weight is 385 g/mol. The first-order valence-electron chi connectivity index (χ1n) is 7.45. The van der Waals surface area contributed by atoms with E-state index in [9.17, 15) is 17.6 Å². The van der Waals surface area contributed by atoms with Gasteiger partial charge in [-0.15, -0.1) is 0 Å². The molecule has 1 N–H and O–H groups in total. The summed E-state index contributed by atoms with van der Waals surface area (Å²) >= 11 is 5.81. The van der Waals surface area contributed by atoms with Gasteiger partial charge in [-0.2, -0.15) is 4.31 Å². The lowest BCUT2D eigenvalue weighted by Gasteiger charge is -2.19. The quantitative estimate of drug-likeness (QED) is 0.797. The highest BCUT2D eigenvalue weighted by atomic mass is 35.5. The Labute approximate surface area is 151 Å². The van der Waals surface area contributed by atoms with Crippen molar-refractivity contribution in [1.82, 2.24) is 9.62 Å². The van der Waals surface area contributed by atoms with E-state index in [4.69, 9.17) is 11.6 Å². The summed E-state index contributed by atoms with van der Waals surface area (Å²) in [6.45, 7) is -0.316. The largest absolute Gasteiger partial charge is 0.351 e. The molecule has 0 aromatic heterocycles. The monoisotopic (exact) mass is 384 g/mol. The predicted molar refractivity (Wildman–Crippen MR) is 95.0 cm³/mol. The Balaban J connectivity index is 2.00. The molecule has 2 aromatic carbocycles. The second kappa shape index (κ2) is 8.42. The highest BCUT2D eigenvalue weighted by Gasteiger charge is 2.20. The number of nitrogens with one attached hydrogen (secondary N) is 1. The van der Waals surface area contributed by atoms with E-state index in [1.807, 2.05) is 0 Å². The Kier molecular flexibility index (Phi) is 6.52. The van der Waals surface area contributed by atoms with E-state index in [1.54, 1.807) is 42.5 Å². The van der Waals surface area contributed by atoms with Crippen LogP contribution in [0.1, 0.15) is 11.1 Å². The van der Waals surface area contributed by atoms with Crippen LogP contribution >= 0.6 is 11.6 Å². The number of hydrogen-bond acceptors (Lipinski definition) is 3. The van der Waals surface area contributed by atoms with Crippen LogP contribution in [0.5, 0.6) is 0 Å². The van der Waals surface area contributed by atoms with Crippen molar-refractivity contribution >= 4 is 27.5 Å². The van der Waals surface area contributed by atoms with E-state index < -0.39 is 21.7 Å². The van der Waals surface area contributed by atoms with Gasteiger partial charge in [-0.05, 0) is 23.8 Å². The summed E-state index contributed by atoms with van der Waals surface area (Å²) in [6.07, 6.45) is 1.03. The van der Waals surface area contributed by atoms with Crippen LogP contribution in [-0.2, 0) is 27.9 Å². The third-order valence-corrected chi connectivity index (χ3v) is 4.94. The smallest absolute Gasteiger partial charge is 0.235 e. The second-order valence-electron chi connectivity index (χ2n) is 5.53. The molecule has 0 radical (unpaired) electrons. The number of amides is 1. The molecule has 2 rings (SSSR count). The lowest BCUT2D eigenvalue weighted by atomic mass is 10.2. The molecule has 0 unspecified atom stereocenters. The maximum Gasteiger partial charge on any atom is 0.235 e. The Morgan fingerprint density at radius 2 is 1.80 bits per heavy atom. The van der Waals surface area contributed by atoms with Crippen molar-refractivity contribution in [2.75, 3.05) is 12.8 Å². The Bertz CT molecular complexity index is 841. The van der Waals surface area contributed by atoms with Crippen LogP contribution in [-0.4, -0.2) is 31.4 Å². The number of rotatable bonds is 7. The number of hydrogen-bond donors (Lipinski definition) is 1. The summed E-state index contributed by atoms with van der Waals surface area (Å²) < 4.78 is 38.4. The second-order valence-corrected chi connectivity index (χ2v) is 7.94. The minimum Gasteiger partial charge on any atom is -0.351 e. The maximum atomic E-state index is 13.5. The zero-order valence-electron chi connectivity index (χ0n) is 13.6. The van der Waals surface area contributed by atoms with E-state index in [0.717, 1.165) is 10.6 Å². The fourth-order valence-corrected chi connectivity index (χ4v) is 3.00. The number of carbonyl (C=O) groups is 1.